The first-order valence-corrected chi connectivity index (χ1v) is 3.43. The van der Waals surface area contributed by atoms with E-state index in [1.54, 1.807) is 6.20 Å². The largest absolute Gasteiger partial charge is 0.299 e. The number of hydrogen-bond donors (Lipinski definition) is 0. The van der Waals surface area contributed by atoms with Gasteiger partial charge in [0.15, 0.2) is 0 Å². The van der Waals surface area contributed by atoms with Crippen molar-refractivity contribution in [1.82, 2.24) is 10.7 Å². The van der Waals surface area contributed by atoms with Gasteiger partial charge in [-0.25, -0.2) is 0 Å². The molecule has 1 aromatic heterocycles. The minimum Gasteiger partial charge on any atom is -0.299 e. The van der Waals surface area contributed by atoms with E-state index in [0.717, 1.165) is 10.9 Å². The van der Waals surface area contributed by atoms with Gasteiger partial charge in [-0.15, -0.1) is 0 Å². The summed E-state index contributed by atoms with van der Waals surface area (Å²) in [5.41, 5.74) is 8.72. The first kappa shape index (κ1) is 6.16. The zero-order valence-electron chi connectivity index (χ0n) is 5.91. The van der Waals surface area contributed by atoms with E-state index in [2.05, 4.69) is 4.98 Å². The van der Waals surface area contributed by atoms with Crippen molar-refractivity contribution in [3.05, 3.63) is 36.5 Å². The van der Waals surface area contributed by atoms with Crippen LogP contribution in [0.4, 0.5) is 5.69 Å². The number of nitrogens with zero attached hydrogens (tertiary/aromatic N) is 1. The Balaban J connectivity index is 2.83. The van der Waals surface area contributed by atoms with Crippen molar-refractivity contribution in [3.63, 3.8) is 0 Å². The van der Waals surface area contributed by atoms with Crippen LogP contribution in [0.3, 0.4) is 0 Å². The standard InChI is InChI=1S/C9H7N2/c10-8-5-7-3-1-2-4-9(7)11-6-8/h1-6,10H. The lowest BCUT2D eigenvalue weighted by molar-refractivity contribution is 1.36. The molecule has 0 saturated carbocycles. The number of fused-ring (bicyclic) bond motifs is 1. The topological polar surface area (TPSA) is 36.7 Å². The molecule has 11 heavy (non-hydrogen) atoms. The Kier molecular flexibility index (Phi) is 1.25. The van der Waals surface area contributed by atoms with Crippen molar-refractivity contribution in [2.45, 2.75) is 0 Å². The molecule has 1 radical (unpaired) electrons. The molecule has 0 aliphatic carbocycles. The number of para-hydroxylation sites is 1. The average molecular weight is 143 g/mol. The Bertz CT molecular complexity index is 382. The summed E-state index contributed by atoms with van der Waals surface area (Å²) in [6, 6.07) is 9.60. The highest BCUT2D eigenvalue weighted by molar-refractivity contribution is 5.80. The minimum atomic E-state index is 0.462. The van der Waals surface area contributed by atoms with E-state index in [4.69, 9.17) is 5.73 Å². The van der Waals surface area contributed by atoms with Crippen molar-refractivity contribution < 1.29 is 0 Å². The summed E-state index contributed by atoms with van der Waals surface area (Å²) in [6.07, 6.45) is 1.56. The van der Waals surface area contributed by atoms with Crippen molar-refractivity contribution in [1.29, 1.82) is 0 Å². The highest BCUT2D eigenvalue weighted by Gasteiger charge is 1.91. The summed E-state index contributed by atoms with van der Waals surface area (Å²) in [4.78, 5) is 4.09. The Morgan fingerprint density at radius 2 is 2.00 bits per heavy atom. The Morgan fingerprint density at radius 1 is 1.18 bits per heavy atom. The molecule has 2 rings (SSSR count). The highest BCUT2D eigenvalue weighted by atomic mass is 14.7. The lowest BCUT2D eigenvalue weighted by Crippen LogP contribution is -1.77. The SMILES string of the molecule is [NH]c1cnc2ccccc2c1. The molecule has 0 amide bonds. The Labute approximate surface area is 64.7 Å². The number of benzene rings is 1. The summed E-state index contributed by atoms with van der Waals surface area (Å²) in [6.45, 7) is 0. The van der Waals surface area contributed by atoms with Gasteiger partial charge in [-0.3, -0.25) is 10.7 Å². The third-order valence-electron chi connectivity index (χ3n) is 1.59. The van der Waals surface area contributed by atoms with Crippen LogP contribution in [0.1, 0.15) is 0 Å². The maximum absolute atomic E-state index is 7.31. The summed E-state index contributed by atoms with van der Waals surface area (Å²) >= 11 is 0. The van der Waals surface area contributed by atoms with Crippen LogP contribution in [-0.2, 0) is 0 Å². The smallest absolute Gasteiger partial charge is 0.0729 e. The number of aromatic nitrogens is 1. The molecule has 1 heterocycles. The van der Waals surface area contributed by atoms with Gasteiger partial charge in [0.1, 0.15) is 0 Å². The first-order valence-electron chi connectivity index (χ1n) is 3.43. The van der Waals surface area contributed by atoms with Crippen molar-refractivity contribution in [2.75, 3.05) is 0 Å². The van der Waals surface area contributed by atoms with E-state index in [1.807, 2.05) is 30.3 Å². The lowest BCUT2D eigenvalue weighted by Gasteiger charge is -1.95. The summed E-state index contributed by atoms with van der Waals surface area (Å²) in [7, 11) is 0. The van der Waals surface area contributed by atoms with E-state index < -0.39 is 0 Å². The number of rotatable bonds is 0. The summed E-state index contributed by atoms with van der Waals surface area (Å²) in [5, 5.41) is 1.03. The maximum Gasteiger partial charge on any atom is 0.0729 e. The fraction of sp³-hybridized carbons (Fsp3) is 0. The molecule has 0 spiro atoms. The quantitative estimate of drug-likeness (QED) is 0.556. The number of pyridine rings is 1. The van der Waals surface area contributed by atoms with Gasteiger partial charge in [0, 0.05) is 5.39 Å². The van der Waals surface area contributed by atoms with Crippen molar-refractivity contribution >= 4 is 16.6 Å². The van der Waals surface area contributed by atoms with Crippen LogP contribution in [0, 0.1) is 0 Å². The van der Waals surface area contributed by atoms with E-state index in [-0.39, 0.29) is 0 Å². The van der Waals surface area contributed by atoms with Gasteiger partial charge in [-0.2, -0.15) is 0 Å². The molecule has 0 aliphatic heterocycles. The molecule has 0 unspecified atom stereocenters. The second kappa shape index (κ2) is 2.23. The highest BCUT2D eigenvalue weighted by Crippen LogP contribution is 2.13. The molecule has 2 nitrogen and oxygen atoms in total. The molecule has 0 aliphatic rings. The second-order valence-corrected chi connectivity index (χ2v) is 2.42. The molecule has 0 fully saturated rings. The molecule has 0 bridgehead atoms. The monoisotopic (exact) mass is 143 g/mol. The van der Waals surface area contributed by atoms with Crippen LogP contribution < -0.4 is 5.73 Å². The normalized spacial score (nSPS) is 10.2. The molecule has 0 atom stereocenters. The molecule has 0 saturated heterocycles. The fourth-order valence-corrected chi connectivity index (χ4v) is 1.07. The van der Waals surface area contributed by atoms with Gasteiger partial charge >= 0.3 is 0 Å². The fourth-order valence-electron chi connectivity index (χ4n) is 1.07. The summed E-state index contributed by atoms with van der Waals surface area (Å²) < 4.78 is 0. The average Bonchev–Trinajstić information content (AvgIpc) is 2.04. The van der Waals surface area contributed by atoms with Crippen LogP contribution in [0.15, 0.2) is 36.5 Å². The van der Waals surface area contributed by atoms with Gasteiger partial charge in [0.05, 0.1) is 17.4 Å². The summed E-state index contributed by atoms with van der Waals surface area (Å²) in [5.74, 6) is 0. The van der Waals surface area contributed by atoms with E-state index in [1.165, 1.54) is 0 Å². The van der Waals surface area contributed by atoms with Crippen LogP contribution in [0.2, 0.25) is 0 Å². The lowest BCUT2D eigenvalue weighted by atomic mass is 10.2. The molecule has 2 heteroatoms. The first-order chi connectivity index (χ1) is 5.36. The molecular formula is C9H7N2. The third kappa shape index (κ3) is 1.03. The van der Waals surface area contributed by atoms with Crippen molar-refractivity contribution in [3.8, 4) is 0 Å². The molecule has 1 N–H and O–H groups in total. The molecule has 1 aromatic carbocycles. The van der Waals surface area contributed by atoms with E-state index in [0.29, 0.717) is 5.69 Å². The third-order valence-corrected chi connectivity index (χ3v) is 1.59. The van der Waals surface area contributed by atoms with Crippen LogP contribution >= 0.6 is 0 Å². The molecule has 2 aromatic rings. The Hall–Kier alpha value is -1.57. The predicted molar refractivity (Wildman–Crippen MR) is 44.5 cm³/mol. The van der Waals surface area contributed by atoms with Crippen LogP contribution in [-0.4, -0.2) is 4.98 Å². The zero-order chi connectivity index (χ0) is 7.68. The van der Waals surface area contributed by atoms with Gasteiger partial charge < -0.3 is 0 Å². The van der Waals surface area contributed by atoms with Crippen molar-refractivity contribution in [2.24, 2.45) is 0 Å². The number of nitrogens with one attached hydrogen (secondary N) is 1. The van der Waals surface area contributed by atoms with Gasteiger partial charge in [-0.05, 0) is 12.1 Å². The van der Waals surface area contributed by atoms with Gasteiger partial charge in [0.2, 0.25) is 0 Å². The maximum atomic E-state index is 7.31. The Morgan fingerprint density at radius 3 is 2.91 bits per heavy atom. The zero-order valence-corrected chi connectivity index (χ0v) is 5.91. The second-order valence-electron chi connectivity index (χ2n) is 2.42. The number of hydrogen-bond acceptors (Lipinski definition) is 1. The molecular weight excluding hydrogens is 136 g/mol. The van der Waals surface area contributed by atoms with Gasteiger partial charge in [-0.1, -0.05) is 18.2 Å². The predicted octanol–water partition coefficient (Wildman–Crippen LogP) is 2.15. The van der Waals surface area contributed by atoms with E-state index >= 15 is 0 Å². The van der Waals surface area contributed by atoms with Crippen LogP contribution in [0.5, 0.6) is 0 Å². The molecule has 53 valence electrons. The van der Waals surface area contributed by atoms with Crippen LogP contribution in [0.25, 0.3) is 10.9 Å². The van der Waals surface area contributed by atoms with E-state index in [9.17, 15) is 0 Å². The minimum absolute atomic E-state index is 0.462. The van der Waals surface area contributed by atoms with Gasteiger partial charge in [0.25, 0.3) is 0 Å².